The molecular formula is C22H23NO3. The van der Waals surface area contributed by atoms with Gasteiger partial charge in [-0.3, -0.25) is 0 Å². The van der Waals surface area contributed by atoms with Crippen molar-refractivity contribution >= 4 is 16.5 Å². The molecule has 4 nitrogen and oxygen atoms in total. The topological polar surface area (TPSA) is 51.0 Å². The third-order valence-electron chi connectivity index (χ3n) is 4.23. The van der Waals surface area contributed by atoms with Gasteiger partial charge in [0, 0.05) is 12.0 Å². The molecule has 134 valence electrons. The van der Waals surface area contributed by atoms with Crippen LogP contribution in [0.15, 0.2) is 71.9 Å². The van der Waals surface area contributed by atoms with E-state index in [1.54, 1.807) is 0 Å². The number of aliphatic hydroxyl groups is 1. The Labute approximate surface area is 153 Å². The van der Waals surface area contributed by atoms with E-state index in [0.717, 1.165) is 33.4 Å². The summed E-state index contributed by atoms with van der Waals surface area (Å²) in [6.07, 6.45) is -0.144. The van der Waals surface area contributed by atoms with Crippen LogP contribution < -0.4 is 4.74 Å². The number of hydrogen-bond acceptors (Lipinski definition) is 4. The van der Waals surface area contributed by atoms with Crippen molar-refractivity contribution in [1.82, 2.24) is 0 Å². The van der Waals surface area contributed by atoms with Gasteiger partial charge >= 0.3 is 0 Å². The first-order valence-electron chi connectivity index (χ1n) is 8.63. The Morgan fingerprint density at radius 3 is 2.35 bits per heavy atom. The van der Waals surface area contributed by atoms with Crippen LogP contribution in [0.2, 0.25) is 0 Å². The Morgan fingerprint density at radius 1 is 1.00 bits per heavy atom. The highest BCUT2D eigenvalue weighted by molar-refractivity contribution is 6.03. The highest BCUT2D eigenvalue weighted by atomic mass is 16.6. The number of benzene rings is 3. The molecule has 0 amide bonds. The van der Waals surface area contributed by atoms with Crippen molar-refractivity contribution in [2.24, 2.45) is 5.16 Å². The molecule has 4 heteroatoms. The van der Waals surface area contributed by atoms with Gasteiger partial charge in [-0.1, -0.05) is 53.7 Å². The van der Waals surface area contributed by atoms with Gasteiger partial charge in [-0.05, 0) is 41.5 Å². The normalized spacial score (nSPS) is 12.8. The summed E-state index contributed by atoms with van der Waals surface area (Å²) in [6, 6.07) is 21.9. The highest BCUT2D eigenvalue weighted by Gasteiger charge is 2.14. The number of hydrogen-bond donors (Lipinski definition) is 1. The molecule has 1 atom stereocenters. The van der Waals surface area contributed by atoms with E-state index in [1.807, 2.05) is 49.4 Å². The van der Waals surface area contributed by atoms with Gasteiger partial charge in [0.1, 0.15) is 19.5 Å². The largest absolute Gasteiger partial charge is 0.491 e. The summed E-state index contributed by atoms with van der Waals surface area (Å²) >= 11 is 0. The Balaban J connectivity index is 1.82. The second-order valence-corrected chi connectivity index (χ2v) is 6.20. The Hall–Kier alpha value is -2.85. The number of nitrogens with zero attached hydrogens (tertiary/aromatic N) is 1. The summed E-state index contributed by atoms with van der Waals surface area (Å²) in [4.78, 5) is 4.94. The minimum atomic E-state index is -0.620. The van der Waals surface area contributed by atoms with Crippen molar-refractivity contribution in [1.29, 1.82) is 0 Å². The van der Waals surface area contributed by atoms with Gasteiger partial charge < -0.3 is 14.7 Å². The summed E-state index contributed by atoms with van der Waals surface area (Å²) in [5.41, 5.74) is 2.78. The molecule has 0 aliphatic rings. The number of aliphatic hydroxyl groups excluding tert-OH is 1. The molecule has 1 N–H and O–H groups in total. The van der Waals surface area contributed by atoms with Crippen molar-refractivity contribution in [2.45, 2.75) is 19.4 Å². The molecular weight excluding hydrogens is 326 g/mol. The number of para-hydroxylation sites is 1. The van der Waals surface area contributed by atoms with Crippen LogP contribution in [0.3, 0.4) is 0 Å². The average molecular weight is 349 g/mol. The smallest absolute Gasteiger partial charge is 0.119 e. The van der Waals surface area contributed by atoms with E-state index >= 15 is 0 Å². The highest BCUT2D eigenvalue weighted by Crippen LogP contribution is 2.23. The van der Waals surface area contributed by atoms with E-state index in [0.29, 0.717) is 6.42 Å². The molecule has 0 aliphatic carbocycles. The SMILES string of the molecule is CO/N=C(\C)c1cc2ccccc2cc1CC(O)COc1ccccc1. The molecule has 3 aromatic carbocycles. The first-order valence-corrected chi connectivity index (χ1v) is 8.63. The molecule has 0 aliphatic heterocycles. The number of ether oxygens (including phenoxy) is 1. The van der Waals surface area contributed by atoms with Crippen LogP contribution in [0.5, 0.6) is 5.75 Å². The summed E-state index contributed by atoms with van der Waals surface area (Å²) in [6.45, 7) is 2.14. The van der Waals surface area contributed by atoms with Crippen molar-refractivity contribution in [3.63, 3.8) is 0 Å². The van der Waals surface area contributed by atoms with Crippen LogP contribution in [0.25, 0.3) is 10.8 Å². The van der Waals surface area contributed by atoms with E-state index < -0.39 is 6.10 Å². The molecule has 0 bridgehead atoms. The van der Waals surface area contributed by atoms with Gasteiger partial charge in [-0.15, -0.1) is 0 Å². The fourth-order valence-electron chi connectivity index (χ4n) is 3.00. The standard InChI is InChI=1S/C22H23NO3/c1-16(23-25-2)22-14-18-9-7-6-8-17(18)12-19(22)13-20(24)15-26-21-10-4-3-5-11-21/h3-12,14,20,24H,13,15H2,1-2H3/b23-16+. The van der Waals surface area contributed by atoms with Crippen molar-refractivity contribution in [3.05, 3.63) is 77.9 Å². The molecule has 0 saturated carbocycles. The van der Waals surface area contributed by atoms with Gasteiger partial charge in [0.25, 0.3) is 0 Å². The van der Waals surface area contributed by atoms with Crippen LogP contribution in [-0.2, 0) is 11.3 Å². The van der Waals surface area contributed by atoms with E-state index in [9.17, 15) is 5.11 Å². The average Bonchev–Trinajstić information content (AvgIpc) is 2.67. The maximum atomic E-state index is 10.5. The lowest BCUT2D eigenvalue weighted by Crippen LogP contribution is -2.21. The Bertz CT molecular complexity index is 890. The number of fused-ring (bicyclic) bond motifs is 1. The Kier molecular flexibility index (Phi) is 5.87. The second-order valence-electron chi connectivity index (χ2n) is 6.20. The quantitative estimate of drug-likeness (QED) is 0.514. The fourth-order valence-corrected chi connectivity index (χ4v) is 3.00. The monoisotopic (exact) mass is 349 g/mol. The Morgan fingerprint density at radius 2 is 1.65 bits per heavy atom. The number of oxime groups is 1. The van der Waals surface area contributed by atoms with Gasteiger partial charge in [-0.25, -0.2) is 0 Å². The minimum Gasteiger partial charge on any atom is -0.491 e. The predicted octanol–water partition coefficient (Wildman–Crippen LogP) is 4.19. The molecule has 3 aromatic rings. The van der Waals surface area contributed by atoms with Crippen LogP contribution in [0.1, 0.15) is 18.1 Å². The third kappa shape index (κ3) is 4.41. The summed E-state index contributed by atoms with van der Waals surface area (Å²) in [5.74, 6) is 0.752. The van der Waals surface area contributed by atoms with Crippen LogP contribution in [0.4, 0.5) is 0 Å². The maximum absolute atomic E-state index is 10.5. The van der Waals surface area contributed by atoms with Crippen molar-refractivity contribution in [2.75, 3.05) is 13.7 Å². The lowest BCUT2D eigenvalue weighted by atomic mass is 9.94. The van der Waals surface area contributed by atoms with Crippen LogP contribution >= 0.6 is 0 Å². The second kappa shape index (κ2) is 8.50. The maximum Gasteiger partial charge on any atom is 0.119 e. The summed E-state index contributed by atoms with van der Waals surface area (Å²) in [5, 5.41) is 16.8. The molecule has 0 fully saturated rings. The lowest BCUT2D eigenvalue weighted by Gasteiger charge is -2.16. The zero-order valence-corrected chi connectivity index (χ0v) is 15.1. The molecule has 0 spiro atoms. The summed E-state index contributed by atoms with van der Waals surface area (Å²) in [7, 11) is 1.53. The molecule has 1 unspecified atom stereocenters. The zero-order chi connectivity index (χ0) is 18.4. The van der Waals surface area contributed by atoms with Crippen LogP contribution in [-0.4, -0.2) is 30.6 Å². The first kappa shape index (κ1) is 18.0. The van der Waals surface area contributed by atoms with E-state index in [1.165, 1.54) is 7.11 Å². The molecule has 0 radical (unpaired) electrons. The zero-order valence-electron chi connectivity index (χ0n) is 15.1. The molecule has 0 saturated heterocycles. The molecule has 3 rings (SSSR count). The van der Waals surface area contributed by atoms with Gasteiger partial charge in [0.05, 0.1) is 11.8 Å². The third-order valence-corrected chi connectivity index (χ3v) is 4.23. The molecule has 0 aromatic heterocycles. The number of rotatable bonds is 7. The fraction of sp³-hybridized carbons (Fsp3) is 0.227. The van der Waals surface area contributed by atoms with E-state index in [2.05, 4.69) is 29.4 Å². The summed E-state index contributed by atoms with van der Waals surface area (Å²) < 4.78 is 5.67. The van der Waals surface area contributed by atoms with Gasteiger partial charge in [0.15, 0.2) is 0 Å². The first-order chi connectivity index (χ1) is 12.7. The molecule has 0 heterocycles. The van der Waals surface area contributed by atoms with Gasteiger partial charge in [0.2, 0.25) is 0 Å². The van der Waals surface area contributed by atoms with E-state index in [4.69, 9.17) is 9.57 Å². The van der Waals surface area contributed by atoms with E-state index in [-0.39, 0.29) is 6.61 Å². The minimum absolute atomic E-state index is 0.233. The van der Waals surface area contributed by atoms with Crippen molar-refractivity contribution < 1.29 is 14.7 Å². The lowest BCUT2D eigenvalue weighted by molar-refractivity contribution is 0.108. The predicted molar refractivity (Wildman–Crippen MR) is 105 cm³/mol. The van der Waals surface area contributed by atoms with Crippen molar-refractivity contribution in [3.8, 4) is 5.75 Å². The molecule has 26 heavy (non-hydrogen) atoms. The van der Waals surface area contributed by atoms with Gasteiger partial charge in [-0.2, -0.15) is 0 Å². The van der Waals surface area contributed by atoms with Crippen LogP contribution in [0, 0.1) is 0 Å².